The van der Waals surface area contributed by atoms with Crippen molar-refractivity contribution in [2.75, 3.05) is 0 Å². The average Bonchev–Trinajstić information content (AvgIpc) is 3.55. The fraction of sp³-hybridized carbons (Fsp3) is 0.0526. The lowest BCUT2D eigenvalue weighted by Gasteiger charge is -2.26. The Balaban J connectivity index is 1.07. The van der Waals surface area contributed by atoms with E-state index in [0.717, 1.165) is 44.6 Å². The van der Waals surface area contributed by atoms with Crippen LogP contribution in [0.3, 0.4) is 0 Å². The second-order valence-corrected chi connectivity index (χ2v) is 16.1. The van der Waals surface area contributed by atoms with Crippen LogP contribution in [0.2, 0.25) is 0 Å². The normalized spacial score (nSPS) is 12.7. The van der Waals surface area contributed by atoms with Crippen LogP contribution < -0.4 is 0 Å². The van der Waals surface area contributed by atoms with E-state index in [1.54, 1.807) is 0 Å². The first-order valence-corrected chi connectivity index (χ1v) is 20.4. The number of benzene rings is 9. The van der Waals surface area contributed by atoms with Gasteiger partial charge in [-0.2, -0.15) is 0 Å². The predicted molar refractivity (Wildman–Crippen MR) is 247 cm³/mol. The van der Waals surface area contributed by atoms with Crippen LogP contribution in [-0.4, -0.2) is 9.97 Å². The highest BCUT2D eigenvalue weighted by molar-refractivity contribution is 6.07. The van der Waals surface area contributed by atoms with Gasteiger partial charge >= 0.3 is 0 Å². The van der Waals surface area contributed by atoms with E-state index in [-0.39, 0.29) is 5.41 Å². The van der Waals surface area contributed by atoms with Crippen LogP contribution in [0, 0.1) is 0 Å². The summed E-state index contributed by atoms with van der Waals surface area (Å²) in [4.78, 5) is 10.8. The molecule has 0 N–H and O–H groups in total. The molecule has 2 nitrogen and oxygen atoms in total. The van der Waals surface area contributed by atoms with Crippen LogP contribution in [0.4, 0.5) is 0 Å². The monoisotopic (exact) mass is 752 g/mol. The van der Waals surface area contributed by atoms with E-state index < -0.39 is 0 Å². The Labute approximate surface area is 345 Å². The summed E-state index contributed by atoms with van der Waals surface area (Å²) in [6, 6.07) is 74.1. The molecule has 1 aliphatic carbocycles. The Morgan fingerprint density at radius 3 is 1.54 bits per heavy atom. The second kappa shape index (κ2) is 13.9. The van der Waals surface area contributed by atoms with Crippen LogP contribution in [0.15, 0.2) is 206 Å². The third-order valence-corrected chi connectivity index (χ3v) is 12.3. The highest BCUT2D eigenvalue weighted by atomic mass is 14.9. The van der Waals surface area contributed by atoms with E-state index in [0.29, 0.717) is 5.82 Å². The van der Waals surface area contributed by atoms with Crippen molar-refractivity contribution in [3.8, 4) is 78.4 Å². The summed E-state index contributed by atoms with van der Waals surface area (Å²) in [6.45, 7) is 4.79. The predicted octanol–water partition coefficient (Wildman–Crippen LogP) is 15.1. The molecule has 0 saturated carbocycles. The Morgan fingerprint density at radius 1 is 0.305 bits per heavy atom. The zero-order valence-corrected chi connectivity index (χ0v) is 33.0. The summed E-state index contributed by atoms with van der Waals surface area (Å²) in [6.07, 6.45) is 0. The van der Waals surface area contributed by atoms with Crippen molar-refractivity contribution in [2.45, 2.75) is 19.3 Å². The minimum atomic E-state index is -0.195. The fourth-order valence-corrected chi connectivity index (χ4v) is 9.59. The molecule has 278 valence electrons. The van der Waals surface area contributed by atoms with Gasteiger partial charge in [0.2, 0.25) is 0 Å². The summed E-state index contributed by atoms with van der Waals surface area (Å²) in [5, 5.41) is 4.92. The van der Waals surface area contributed by atoms with E-state index in [1.165, 1.54) is 60.7 Å². The molecule has 59 heavy (non-hydrogen) atoms. The van der Waals surface area contributed by atoms with Crippen molar-refractivity contribution in [3.05, 3.63) is 217 Å². The Bertz CT molecular complexity index is 3220. The molecule has 1 aliphatic rings. The van der Waals surface area contributed by atoms with E-state index in [9.17, 15) is 0 Å². The number of fused-ring (bicyclic) bond motifs is 6. The largest absolute Gasteiger partial charge is 0.228 e. The van der Waals surface area contributed by atoms with Crippen LogP contribution in [0.1, 0.15) is 25.0 Å². The van der Waals surface area contributed by atoms with Crippen molar-refractivity contribution in [1.82, 2.24) is 9.97 Å². The maximum absolute atomic E-state index is 5.43. The Hall–Kier alpha value is -7.42. The van der Waals surface area contributed by atoms with Crippen molar-refractivity contribution < 1.29 is 0 Å². The average molecular weight is 753 g/mol. The van der Waals surface area contributed by atoms with Crippen molar-refractivity contribution in [2.24, 2.45) is 0 Å². The summed E-state index contributed by atoms with van der Waals surface area (Å²) in [5.41, 5.74) is 17.3. The third-order valence-electron chi connectivity index (χ3n) is 12.3. The number of nitrogens with zero attached hydrogens (tertiary/aromatic N) is 2. The molecule has 0 bridgehead atoms. The molecule has 11 rings (SSSR count). The van der Waals surface area contributed by atoms with E-state index >= 15 is 0 Å². The van der Waals surface area contributed by atoms with Gasteiger partial charge in [0.15, 0.2) is 5.82 Å². The minimum Gasteiger partial charge on any atom is -0.228 e. The zero-order valence-electron chi connectivity index (χ0n) is 33.0. The van der Waals surface area contributed by atoms with Crippen LogP contribution >= 0.6 is 0 Å². The van der Waals surface area contributed by atoms with Crippen molar-refractivity contribution in [3.63, 3.8) is 0 Å². The molecule has 2 heteroatoms. The molecular weight excluding hydrogens is 713 g/mol. The fourth-order valence-electron chi connectivity index (χ4n) is 9.59. The van der Waals surface area contributed by atoms with Crippen molar-refractivity contribution in [1.29, 1.82) is 0 Å². The molecule has 9 aromatic carbocycles. The first kappa shape index (κ1) is 34.8. The lowest BCUT2D eigenvalue weighted by atomic mass is 9.77. The maximum Gasteiger partial charge on any atom is 0.161 e. The van der Waals surface area contributed by atoms with Gasteiger partial charge in [-0.05, 0) is 89.3 Å². The Kier molecular flexibility index (Phi) is 8.20. The highest BCUT2D eigenvalue weighted by Gasteiger charge is 2.39. The summed E-state index contributed by atoms with van der Waals surface area (Å²) in [7, 11) is 0. The first-order chi connectivity index (χ1) is 29.0. The maximum atomic E-state index is 5.43. The van der Waals surface area contributed by atoms with Crippen LogP contribution in [0.5, 0.6) is 0 Å². The summed E-state index contributed by atoms with van der Waals surface area (Å²) >= 11 is 0. The number of hydrogen-bond acceptors (Lipinski definition) is 2. The van der Waals surface area contributed by atoms with E-state index in [4.69, 9.17) is 9.97 Å². The number of aromatic nitrogens is 2. The van der Waals surface area contributed by atoms with Gasteiger partial charge in [0.25, 0.3) is 0 Å². The summed E-state index contributed by atoms with van der Waals surface area (Å²) in [5.74, 6) is 0.704. The standard InChI is InChI=1S/C57H40N2/c1-57(2)54-43-22-10-9-18-39(43)32-33-50(54)49-27-15-26-48(55(49)57)46-34-35-51(45-24-13-12-23-44(45)46)56-58-52(41-19-7-4-8-20-41)36-53(59-56)47-25-14-11-21-42(47)40-30-28-38(29-31-40)37-16-5-3-6-17-37/h3-36H,1-2H3. The van der Waals surface area contributed by atoms with Gasteiger partial charge in [-0.3, -0.25) is 0 Å². The van der Waals surface area contributed by atoms with E-state index in [2.05, 4.69) is 220 Å². The van der Waals surface area contributed by atoms with Gasteiger partial charge in [-0.1, -0.05) is 208 Å². The van der Waals surface area contributed by atoms with E-state index in [1.807, 2.05) is 0 Å². The van der Waals surface area contributed by atoms with Crippen LogP contribution in [-0.2, 0) is 5.41 Å². The SMILES string of the molecule is CC1(C)c2c(cccc2-c2ccc(-c3nc(-c4ccccc4)cc(-c4ccccc4-c4ccc(-c5ccccc5)cc4)n3)c3ccccc23)-c2ccc3ccccc3c21. The molecule has 0 spiro atoms. The number of rotatable bonds is 6. The molecule has 10 aromatic rings. The number of hydrogen-bond donors (Lipinski definition) is 0. The zero-order chi connectivity index (χ0) is 39.5. The van der Waals surface area contributed by atoms with Gasteiger partial charge in [0, 0.05) is 22.1 Å². The molecule has 0 amide bonds. The molecular formula is C57H40N2. The topological polar surface area (TPSA) is 25.8 Å². The molecule has 0 atom stereocenters. The lowest BCUT2D eigenvalue weighted by molar-refractivity contribution is 0.668. The van der Waals surface area contributed by atoms with Gasteiger partial charge in [0.05, 0.1) is 11.4 Å². The lowest BCUT2D eigenvalue weighted by Crippen LogP contribution is -2.17. The molecule has 0 aliphatic heterocycles. The van der Waals surface area contributed by atoms with Crippen molar-refractivity contribution >= 4 is 21.5 Å². The smallest absolute Gasteiger partial charge is 0.161 e. The van der Waals surface area contributed by atoms with Gasteiger partial charge in [0.1, 0.15) is 0 Å². The molecule has 0 fully saturated rings. The molecule has 1 heterocycles. The quantitative estimate of drug-likeness (QED) is 0.169. The highest BCUT2D eigenvalue weighted by Crippen LogP contribution is 2.55. The minimum absolute atomic E-state index is 0.195. The van der Waals surface area contributed by atoms with Gasteiger partial charge in [-0.25, -0.2) is 9.97 Å². The molecule has 0 radical (unpaired) electrons. The third kappa shape index (κ3) is 5.79. The van der Waals surface area contributed by atoms with Gasteiger partial charge in [-0.15, -0.1) is 0 Å². The molecule has 1 aromatic heterocycles. The summed E-state index contributed by atoms with van der Waals surface area (Å²) < 4.78 is 0. The van der Waals surface area contributed by atoms with Crippen LogP contribution in [0.25, 0.3) is 100.0 Å². The molecule has 0 saturated heterocycles. The Morgan fingerprint density at radius 2 is 0.797 bits per heavy atom. The van der Waals surface area contributed by atoms with Gasteiger partial charge < -0.3 is 0 Å². The first-order valence-electron chi connectivity index (χ1n) is 20.4. The molecule has 0 unspecified atom stereocenters. The second-order valence-electron chi connectivity index (χ2n) is 16.1.